The number of carbonyl (C=O) groups excluding carboxylic acids is 1. The Morgan fingerprint density at radius 3 is 1.62 bits per heavy atom. The highest BCUT2D eigenvalue weighted by Gasteiger charge is 2.49. The van der Waals surface area contributed by atoms with Gasteiger partial charge < -0.3 is 9.84 Å². The van der Waals surface area contributed by atoms with E-state index >= 15 is 0 Å². The lowest BCUT2D eigenvalue weighted by atomic mass is 9.78. The lowest BCUT2D eigenvalue weighted by Gasteiger charge is -2.28. The highest BCUT2D eigenvalue weighted by molar-refractivity contribution is 6.08. The molecule has 1 aliphatic heterocycles. The number of rotatable bonds is 1. The number of carbonyl (C=O) groups is 1. The Morgan fingerprint density at radius 2 is 1.31 bits per heavy atom. The van der Waals surface area contributed by atoms with Crippen molar-refractivity contribution in [3.63, 3.8) is 0 Å². The Morgan fingerprint density at radius 1 is 0.885 bits per heavy atom. The van der Waals surface area contributed by atoms with Gasteiger partial charge in [-0.1, -0.05) is 41.5 Å². The van der Waals surface area contributed by atoms with Crippen LogP contribution in [0.25, 0.3) is 6.08 Å². The maximum Gasteiger partial charge on any atom is 0.192 e. The second-order valence-electron chi connectivity index (χ2n) is 10.5. The molecule has 1 heterocycles. The molecule has 1 aromatic rings. The second-order valence-corrected chi connectivity index (χ2v) is 10.5. The predicted octanol–water partition coefficient (Wildman–Crippen LogP) is 5.53. The lowest BCUT2D eigenvalue weighted by Crippen LogP contribution is -2.29. The van der Waals surface area contributed by atoms with Crippen molar-refractivity contribution in [3.05, 3.63) is 34.4 Å². The summed E-state index contributed by atoms with van der Waals surface area (Å²) in [5, 5.41) is 10.9. The molecular weight excluding hydrogens is 324 g/mol. The Hall–Kier alpha value is -1.61. The van der Waals surface area contributed by atoms with Gasteiger partial charge in [-0.2, -0.15) is 0 Å². The highest BCUT2D eigenvalue weighted by atomic mass is 16.5. The van der Waals surface area contributed by atoms with Gasteiger partial charge in [0.2, 0.25) is 0 Å². The van der Waals surface area contributed by atoms with Gasteiger partial charge in [0.25, 0.3) is 0 Å². The number of hydrogen-bond donors (Lipinski definition) is 1. The van der Waals surface area contributed by atoms with Gasteiger partial charge in [0.05, 0.1) is 5.60 Å². The zero-order valence-electron chi connectivity index (χ0n) is 18.0. The number of hydrogen-bond acceptors (Lipinski definition) is 3. The number of aromatic hydroxyl groups is 1. The van der Waals surface area contributed by atoms with Crippen LogP contribution in [0, 0.1) is 0 Å². The summed E-state index contributed by atoms with van der Waals surface area (Å²) in [5.74, 6) is 0.367. The summed E-state index contributed by atoms with van der Waals surface area (Å²) in [6.45, 7) is 20.0. The van der Waals surface area contributed by atoms with Gasteiger partial charge >= 0.3 is 0 Å². The molecule has 0 saturated carbocycles. The van der Waals surface area contributed by atoms with Crippen LogP contribution in [0.1, 0.15) is 85.9 Å². The topological polar surface area (TPSA) is 46.5 Å². The molecule has 2 rings (SSSR count). The Kier molecular flexibility index (Phi) is 4.74. The van der Waals surface area contributed by atoms with Crippen molar-refractivity contribution in [2.45, 2.75) is 91.3 Å². The average molecular weight is 359 g/mol. The first kappa shape index (κ1) is 20.7. The van der Waals surface area contributed by atoms with E-state index in [0.29, 0.717) is 11.3 Å². The molecule has 1 aromatic carbocycles. The van der Waals surface area contributed by atoms with E-state index in [0.717, 1.165) is 16.7 Å². The van der Waals surface area contributed by atoms with Crippen molar-refractivity contribution < 1.29 is 14.6 Å². The monoisotopic (exact) mass is 358 g/mol. The minimum absolute atomic E-state index is 0.0187. The first-order chi connectivity index (χ1) is 11.5. The molecule has 0 aromatic heterocycles. The third-order valence-electron chi connectivity index (χ3n) is 5.01. The normalized spacial score (nSPS) is 21.5. The molecule has 26 heavy (non-hydrogen) atoms. The summed E-state index contributed by atoms with van der Waals surface area (Å²) in [4.78, 5) is 12.8. The summed E-state index contributed by atoms with van der Waals surface area (Å²) < 4.78 is 5.98. The van der Waals surface area contributed by atoms with E-state index < -0.39 is 11.2 Å². The molecule has 0 atom stereocenters. The van der Waals surface area contributed by atoms with E-state index in [9.17, 15) is 9.90 Å². The minimum atomic E-state index is -0.814. The van der Waals surface area contributed by atoms with E-state index in [1.807, 2.05) is 45.9 Å². The summed E-state index contributed by atoms with van der Waals surface area (Å²) in [7, 11) is 0. The van der Waals surface area contributed by atoms with Crippen LogP contribution in [0.2, 0.25) is 0 Å². The first-order valence-corrected chi connectivity index (χ1v) is 9.32. The molecule has 0 amide bonds. The number of phenols is 1. The van der Waals surface area contributed by atoms with Crippen molar-refractivity contribution in [1.29, 1.82) is 0 Å². The van der Waals surface area contributed by atoms with Crippen molar-refractivity contribution >= 4 is 11.9 Å². The largest absolute Gasteiger partial charge is 0.507 e. The Labute approximate surface area is 158 Å². The van der Waals surface area contributed by atoms with E-state index in [1.54, 1.807) is 0 Å². The van der Waals surface area contributed by atoms with E-state index in [1.165, 1.54) is 0 Å². The summed E-state index contributed by atoms with van der Waals surface area (Å²) >= 11 is 0. The third-order valence-corrected chi connectivity index (χ3v) is 5.01. The zero-order valence-corrected chi connectivity index (χ0v) is 18.0. The van der Waals surface area contributed by atoms with Crippen molar-refractivity contribution in [3.8, 4) is 5.75 Å². The fourth-order valence-corrected chi connectivity index (χ4v) is 3.63. The van der Waals surface area contributed by atoms with Crippen LogP contribution in [-0.2, 0) is 20.4 Å². The molecule has 1 saturated heterocycles. The number of ether oxygens (including phenoxy) is 1. The number of Topliss-reactive ketones (excluding diaryl/α,β-unsaturated/α-hetero) is 1. The summed E-state index contributed by atoms with van der Waals surface area (Å²) in [5.41, 5.74) is 1.52. The predicted molar refractivity (Wildman–Crippen MR) is 108 cm³/mol. The molecule has 3 heteroatoms. The quantitative estimate of drug-likeness (QED) is 0.672. The molecule has 1 fully saturated rings. The van der Waals surface area contributed by atoms with Gasteiger partial charge in [0.1, 0.15) is 11.4 Å². The van der Waals surface area contributed by atoms with Gasteiger partial charge in [-0.05, 0) is 62.3 Å². The first-order valence-electron chi connectivity index (χ1n) is 9.32. The maximum atomic E-state index is 12.8. The smallest absolute Gasteiger partial charge is 0.192 e. The van der Waals surface area contributed by atoms with Crippen LogP contribution in [0.5, 0.6) is 5.75 Å². The van der Waals surface area contributed by atoms with Crippen LogP contribution in [0.4, 0.5) is 0 Å². The van der Waals surface area contributed by atoms with E-state index in [2.05, 4.69) is 41.5 Å². The van der Waals surface area contributed by atoms with Gasteiger partial charge in [-0.3, -0.25) is 4.79 Å². The zero-order chi connectivity index (χ0) is 20.3. The number of benzene rings is 1. The summed E-state index contributed by atoms with van der Waals surface area (Å²) in [6, 6.07) is 3.98. The lowest BCUT2D eigenvalue weighted by molar-refractivity contribution is -0.132. The van der Waals surface area contributed by atoms with Crippen molar-refractivity contribution in [2.24, 2.45) is 0 Å². The third kappa shape index (κ3) is 3.73. The van der Waals surface area contributed by atoms with Gasteiger partial charge in [0.15, 0.2) is 5.78 Å². The average Bonchev–Trinajstić information content (AvgIpc) is 2.55. The molecule has 1 N–H and O–H groups in total. The molecule has 0 aliphatic carbocycles. The van der Waals surface area contributed by atoms with Gasteiger partial charge in [-0.25, -0.2) is 0 Å². The maximum absolute atomic E-state index is 12.8. The van der Waals surface area contributed by atoms with Crippen molar-refractivity contribution in [1.82, 2.24) is 0 Å². The molecule has 0 radical (unpaired) electrons. The molecular formula is C23H34O3. The van der Waals surface area contributed by atoms with Crippen LogP contribution < -0.4 is 0 Å². The Balaban J connectivity index is 2.73. The van der Waals surface area contributed by atoms with E-state index in [-0.39, 0.29) is 16.6 Å². The Bertz CT molecular complexity index is 731. The van der Waals surface area contributed by atoms with Crippen LogP contribution in [-0.4, -0.2) is 22.1 Å². The standard InChI is InChI=1S/C23H34O3/c1-20(2,3)15-11-14(12-16(18(15)24)21(4,5)6)13-17-19(25)23(9,10)26-22(17,7)8/h11-13,24H,1-10H3. The van der Waals surface area contributed by atoms with Gasteiger partial charge in [0, 0.05) is 16.7 Å². The molecule has 0 unspecified atom stereocenters. The van der Waals surface area contributed by atoms with Crippen molar-refractivity contribution in [2.75, 3.05) is 0 Å². The highest BCUT2D eigenvalue weighted by Crippen LogP contribution is 2.43. The van der Waals surface area contributed by atoms with Crippen LogP contribution in [0.15, 0.2) is 17.7 Å². The molecule has 0 bridgehead atoms. The SMILES string of the molecule is CC1(C)OC(C)(C)C(=Cc2cc(C(C)(C)C)c(O)c(C(C)(C)C)c2)C1=O. The number of ketones is 1. The second kappa shape index (κ2) is 5.95. The van der Waals surface area contributed by atoms with Gasteiger partial charge in [-0.15, -0.1) is 0 Å². The molecule has 0 spiro atoms. The molecule has 144 valence electrons. The fraction of sp³-hybridized carbons (Fsp3) is 0.609. The molecule has 1 aliphatic rings. The van der Waals surface area contributed by atoms with Crippen LogP contribution in [0.3, 0.4) is 0 Å². The summed E-state index contributed by atoms with van der Waals surface area (Å²) in [6.07, 6.45) is 1.93. The fourth-order valence-electron chi connectivity index (χ4n) is 3.63. The molecule has 3 nitrogen and oxygen atoms in total. The van der Waals surface area contributed by atoms with E-state index in [4.69, 9.17) is 4.74 Å². The number of phenolic OH excluding ortho intramolecular Hbond substituents is 1. The minimum Gasteiger partial charge on any atom is -0.507 e. The van der Waals surface area contributed by atoms with Crippen LogP contribution >= 0.6 is 0 Å².